The van der Waals surface area contributed by atoms with Crippen LogP contribution in [0.2, 0.25) is 0 Å². The number of nitrogens with zero attached hydrogens (tertiary/aromatic N) is 1. The molecule has 0 radical (unpaired) electrons. The third kappa shape index (κ3) is 5.84. The van der Waals surface area contributed by atoms with Crippen LogP contribution in [0.1, 0.15) is 68.1 Å². The lowest BCUT2D eigenvalue weighted by Crippen LogP contribution is -2.46. The van der Waals surface area contributed by atoms with Crippen molar-refractivity contribution < 1.29 is 24.3 Å². The van der Waals surface area contributed by atoms with Gasteiger partial charge in [-0.25, -0.2) is 4.79 Å². The maximum absolute atomic E-state index is 13.6. The Morgan fingerprint density at radius 1 is 0.647 bits per heavy atom. The third-order valence-corrected chi connectivity index (χ3v) is 5.73. The molecule has 174 valence electrons. The number of ketones is 2. The first-order chi connectivity index (χ1) is 16.3. The van der Waals surface area contributed by atoms with Gasteiger partial charge < -0.3 is 10.0 Å². The Kier molecular flexibility index (Phi) is 8.09. The van der Waals surface area contributed by atoms with E-state index in [0.717, 1.165) is 0 Å². The Morgan fingerprint density at radius 2 is 1.03 bits per heavy atom. The van der Waals surface area contributed by atoms with E-state index >= 15 is 0 Å². The van der Waals surface area contributed by atoms with Crippen LogP contribution in [0.3, 0.4) is 0 Å². The number of Topliss-reactive ketones (excluding diaryl/α,β-unsaturated/α-hetero) is 2. The summed E-state index contributed by atoms with van der Waals surface area (Å²) in [4.78, 5) is 52.5. The largest absolute Gasteiger partial charge is 0.478 e. The summed E-state index contributed by atoms with van der Waals surface area (Å²) < 4.78 is 0. The second kappa shape index (κ2) is 11.2. The zero-order valence-corrected chi connectivity index (χ0v) is 19.2. The highest BCUT2D eigenvalue weighted by molar-refractivity contribution is 6.05. The molecular weight excluding hydrogens is 430 g/mol. The van der Waals surface area contributed by atoms with Crippen LogP contribution in [0.5, 0.6) is 0 Å². The summed E-state index contributed by atoms with van der Waals surface area (Å²) in [5, 5.41) is 9.58. The predicted octanol–water partition coefficient (Wildman–Crippen LogP) is 5.15. The zero-order valence-electron chi connectivity index (χ0n) is 19.2. The monoisotopic (exact) mass is 457 g/mol. The number of benzene rings is 3. The number of amides is 1. The van der Waals surface area contributed by atoms with Crippen LogP contribution in [0.4, 0.5) is 0 Å². The summed E-state index contributed by atoms with van der Waals surface area (Å²) in [6, 6.07) is 22.4. The summed E-state index contributed by atoms with van der Waals surface area (Å²) in [7, 11) is 0. The first-order valence-corrected chi connectivity index (χ1v) is 11.1. The predicted molar refractivity (Wildman–Crippen MR) is 129 cm³/mol. The van der Waals surface area contributed by atoms with Crippen molar-refractivity contribution in [1.82, 2.24) is 4.90 Å². The quantitative estimate of drug-likeness (QED) is 0.425. The molecule has 34 heavy (non-hydrogen) atoms. The molecule has 0 bridgehead atoms. The Balaban J connectivity index is 1.92. The van der Waals surface area contributed by atoms with Crippen molar-refractivity contribution in [2.45, 2.75) is 38.8 Å². The molecule has 0 heterocycles. The van der Waals surface area contributed by atoms with E-state index in [1.807, 2.05) is 12.1 Å². The molecular formula is C28H27NO5. The molecule has 2 unspecified atom stereocenters. The molecule has 0 aliphatic rings. The molecule has 3 aromatic rings. The Bertz CT molecular complexity index is 1110. The van der Waals surface area contributed by atoms with Crippen molar-refractivity contribution in [2.24, 2.45) is 0 Å². The van der Waals surface area contributed by atoms with Crippen molar-refractivity contribution >= 4 is 23.4 Å². The maximum atomic E-state index is 13.6. The summed E-state index contributed by atoms with van der Waals surface area (Å²) in [6.45, 7) is 3.48. The molecule has 6 nitrogen and oxygen atoms in total. The zero-order chi connectivity index (χ0) is 24.7. The smallest absolute Gasteiger partial charge is 0.336 e. The van der Waals surface area contributed by atoms with Crippen molar-refractivity contribution in [1.29, 1.82) is 0 Å². The van der Waals surface area contributed by atoms with Gasteiger partial charge in [-0.05, 0) is 26.0 Å². The molecule has 3 aromatic carbocycles. The Hall–Kier alpha value is -4.06. The van der Waals surface area contributed by atoms with Crippen LogP contribution in [0.15, 0.2) is 84.9 Å². The topological polar surface area (TPSA) is 91.8 Å². The normalized spacial score (nSPS) is 12.4. The second-order valence-corrected chi connectivity index (χ2v) is 8.25. The summed E-state index contributed by atoms with van der Waals surface area (Å²) in [5.74, 6) is -2.03. The average molecular weight is 458 g/mol. The van der Waals surface area contributed by atoms with Crippen molar-refractivity contribution in [3.8, 4) is 0 Å². The molecule has 6 heteroatoms. The summed E-state index contributed by atoms with van der Waals surface area (Å²) in [6.07, 6.45) is 0.0731. The third-order valence-electron chi connectivity index (χ3n) is 5.73. The van der Waals surface area contributed by atoms with Crippen LogP contribution < -0.4 is 0 Å². The van der Waals surface area contributed by atoms with E-state index in [4.69, 9.17) is 0 Å². The van der Waals surface area contributed by atoms with E-state index < -0.39 is 24.0 Å². The van der Waals surface area contributed by atoms with Gasteiger partial charge in [0, 0.05) is 36.1 Å². The van der Waals surface area contributed by atoms with Gasteiger partial charge in [-0.2, -0.15) is 0 Å². The number of carboxylic acid groups (broad SMARTS) is 1. The molecule has 1 amide bonds. The van der Waals surface area contributed by atoms with E-state index in [1.165, 1.54) is 17.0 Å². The van der Waals surface area contributed by atoms with E-state index in [9.17, 15) is 24.3 Å². The lowest BCUT2D eigenvalue weighted by molar-refractivity contribution is 0.0555. The summed E-state index contributed by atoms with van der Waals surface area (Å²) in [5.41, 5.74) is 0.954. The molecule has 0 aliphatic heterocycles. The average Bonchev–Trinajstić information content (AvgIpc) is 2.85. The second-order valence-electron chi connectivity index (χ2n) is 8.25. The fourth-order valence-corrected chi connectivity index (χ4v) is 4.05. The van der Waals surface area contributed by atoms with Gasteiger partial charge in [0.1, 0.15) is 0 Å². The highest BCUT2D eigenvalue weighted by atomic mass is 16.4. The fraction of sp³-hybridized carbons (Fsp3) is 0.214. The molecule has 0 fully saturated rings. The van der Waals surface area contributed by atoms with Crippen LogP contribution in [0.25, 0.3) is 0 Å². The lowest BCUT2D eigenvalue weighted by atomic mass is 9.97. The van der Waals surface area contributed by atoms with Crippen molar-refractivity contribution in [2.75, 3.05) is 0 Å². The lowest BCUT2D eigenvalue weighted by Gasteiger charge is -2.35. The first-order valence-electron chi connectivity index (χ1n) is 11.1. The van der Waals surface area contributed by atoms with Gasteiger partial charge >= 0.3 is 5.97 Å². The van der Waals surface area contributed by atoms with Crippen molar-refractivity contribution in [3.63, 3.8) is 0 Å². The van der Waals surface area contributed by atoms with E-state index in [-0.39, 0.29) is 35.5 Å². The maximum Gasteiger partial charge on any atom is 0.336 e. The van der Waals surface area contributed by atoms with Gasteiger partial charge in [0.15, 0.2) is 11.6 Å². The Labute approximate surface area is 198 Å². The van der Waals surface area contributed by atoms with Crippen molar-refractivity contribution in [3.05, 3.63) is 107 Å². The minimum Gasteiger partial charge on any atom is -0.478 e. The first kappa shape index (κ1) is 24.6. The molecule has 0 saturated carbocycles. The number of carbonyl (C=O) groups is 4. The van der Waals surface area contributed by atoms with E-state index in [1.54, 1.807) is 74.5 Å². The molecule has 0 aromatic heterocycles. The minimum absolute atomic E-state index is 0.0213. The van der Waals surface area contributed by atoms with Crippen LogP contribution in [-0.4, -0.2) is 45.5 Å². The van der Waals surface area contributed by atoms with Gasteiger partial charge in [-0.1, -0.05) is 72.8 Å². The highest BCUT2D eigenvalue weighted by Crippen LogP contribution is 2.22. The number of carbonyl (C=O) groups excluding carboxylic acids is 3. The summed E-state index contributed by atoms with van der Waals surface area (Å²) >= 11 is 0. The molecule has 3 rings (SSSR count). The van der Waals surface area contributed by atoms with Gasteiger partial charge in [0.25, 0.3) is 5.91 Å². The number of carboxylic acids is 1. The van der Waals surface area contributed by atoms with Gasteiger partial charge in [-0.15, -0.1) is 0 Å². The van der Waals surface area contributed by atoms with Gasteiger partial charge in [0.2, 0.25) is 0 Å². The molecule has 0 saturated heterocycles. The molecule has 1 N–H and O–H groups in total. The number of rotatable bonds is 10. The fourth-order valence-electron chi connectivity index (χ4n) is 4.05. The number of aromatic carboxylic acids is 1. The van der Waals surface area contributed by atoms with E-state index in [0.29, 0.717) is 11.1 Å². The van der Waals surface area contributed by atoms with Gasteiger partial charge in [-0.3, -0.25) is 14.4 Å². The number of hydrogen-bond donors (Lipinski definition) is 1. The van der Waals surface area contributed by atoms with Crippen LogP contribution in [-0.2, 0) is 0 Å². The molecule has 2 atom stereocenters. The Morgan fingerprint density at radius 3 is 1.44 bits per heavy atom. The van der Waals surface area contributed by atoms with Crippen LogP contribution in [0, 0.1) is 0 Å². The van der Waals surface area contributed by atoms with Gasteiger partial charge in [0.05, 0.1) is 11.1 Å². The minimum atomic E-state index is -1.22. The molecule has 0 aliphatic carbocycles. The SMILES string of the molecule is CC(CC(=O)c1ccccc1)N(C(=O)c1ccccc1C(=O)O)C(C)CC(=O)c1ccccc1. The molecule has 0 spiro atoms. The highest BCUT2D eigenvalue weighted by Gasteiger charge is 2.31. The standard InChI is InChI=1S/C28H27NO5/c1-19(17-25(30)21-11-5-3-6-12-21)29(20(2)18-26(31)22-13-7-4-8-14-22)27(32)23-15-9-10-16-24(23)28(33)34/h3-16,19-20H,17-18H2,1-2H3,(H,33,34). The van der Waals surface area contributed by atoms with E-state index in [2.05, 4.69) is 0 Å². The van der Waals surface area contributed by atoms with Crippen LogP contribution >= 0.6 is 0 Å². The number of hydrogen-bond acceptors (Lipinski definition) is 4.